The van der Waals surface area contributed by atoms with Crippen molar-refractivity contribution in [1.29, 1.82) is 0 Å². The molecule has 0 bridgehead atoms. The molecule has 2 atom stereocenters. The number of hydrogen-bond acceptors (Lipinski definition) is 6. The van der Waals surface area contributed by atoms with Gasteiger partial charge in [0.05, 0.1) is 12.6 Å². The van der Waals surface area contributed by atoms with Crippen LogP contribution in [0.4, 0.5) is 0 Å². The summed E-state index contributed by atoms with van der Waals surface area (Å²) in [5.74, 6) is 5.44. The summed E-state index contributed by atoms with van der Waals surface area (Å²) in [4.78, 5) is 30.1. The monoisotopic (exact) mass is 322 g/mol. The lowest BCUT2D eigenvalue weighted by molar-refractivity contribution is -0.00194. The number of fused-ring (bicyclic) bond motifs is 1. The average molecular weight is 322 g/mol. The van der Waals surface area contributed by atoms with Crippen molar-refractivity contribution < 1.29 is 15.3 Å². The molecule has 124 valence electrons. The first-order valence-corrected chi connectivity index (χ1v) is 6.98. The zero-order chi connectivity index (χ0) is 17.1. The molecule has 0 saturated carbocycles. The molecule has 9 nitrogen and oxygen atoms in total. The zero-order valence-corrected chi connectivity index (χ0v) is 12.8. The topological polar surface area (TPSA) is 133 Å². The van der Waals surface area contributed by atoms with E-state index in [4.69, 9.17) is 5.11 Å². The Morgan fingerprint density at radius 3 is 2.65 bits per heavy atom. The van der Waals surface area contributed by atoms with E-state index in [1.165, 1.54) is 11.6 Å². The molecule has 2 unspecified atom stereocenters. The maximum absolute atomic E-state index is 12.1. The highest BCUT2D eigenvalue weighted by Gasteiger charge is 2.26. The van der Waals surface area contributed by atoms with Gasteiger partial charge in [0.2, 0.25) is 0 Å². The van der Waals surface area contributed by atoms with E-state index in [1.54, 1.807) is 6.92 Å². The summed E-state index contributed by atoms with van der Waals surface area (Å²) in [6.07, 6.45) is -2.75. The minimum Gasteiger partial charge on any atom is -0.396 e. The van der Waals surface area contributed by atoms with Crippen LogP contribution in [0.1, 0.15) is 25.3 Å². The molecule has 0 aromatic carbocycles. The van der Waals surface area contributed by atoms with E-state index in [1.807, 2.05) is 0 Å². The highest BCUT2D eigenvalue weighted by molar-refractivity contribution is 5.71. The maximum Gasteiger partial charge on any atom is 0.329 e. The van der Waals surface area contributed by atoms with E-state index < -0.39 is 23.5 Å². The second-order valence-corrected chi connectivity index (χ2v) is 5.00. The molecule has 2 aromatic rings. The molecule has 0 aliphatic carbocycles. The van der Waals surface area contributed by atoms with Crippen LogP contribution in [0.25, 0.3) is 11.2 Å². The summed E-state index contributed by atoms with van der Waals surface area (Å²) >= 11 is 0. The second kappa shape index (κ2) is 6.78. The fourth-order valence-corrected chi connectivity index (χ4v) is 2.26. The van der Waals surface area contributed by atoms with Crippen molar-refractivity contribution in [2.24, 2.45) is 7.05 Å². The predicted octanol–water partition coefficient (Wildman–Crippen LogP) is -1.78. The van der Waals surface area contributed by atoms with E-state index in [0.29, 0.717) is 0 Å². The van der Waals surface area contributed by atoms with Gasteiger partial charge in [0.1, 0.15) is 11.9 Å². The van der Waals surface area contributed by atoms with Gasteiger partial charge >= 0.3 is 5.69 Å². The normalized spacial score (nSPS) is 13.6. The molecule has 0 amide bonds. The molecular formula is C14H18N4O5. The van der Waals surface area contributed by atoms with Gasteiger partial charge in [0.15, 0.2) is 11.2 Å². The molecule has 2 heterocycles. The third-order valence-corrected chi connectivity index (χ3v) is 3.50. The molecule has 4 N–H and O–H groups in total. The van der Waals surface area contributed by atoms with Crippen LogP contribution >= 0.6 is 0 Å². The van der Waals surface area contributed by atoms with Crippen molar-refractivity contribution in [3.05, 3.63) is 26.7 Å². The summed E-state index contributed by atoms with van der Waals surface area (Å²) < 4.78 is 2.50. The van der Waals surface area contributed by atoms with Gasteiger partial charge in [0, 0.05) is 13.7 Å². The van der Waals surface area contributed by atoms with Crippen molar-refractivity contribution in [3.63, 3.8) is 0 Å². The molecule has 0 fully saturated rings. The van der Waals surface area contributed by atoms with Crippen LogP contribution in [-0.4, -0.2) is 47.1 Å². The van der Waals surface area contributed by atoms with Crippen molar-refractivity contribution >= 4 is 11.2 Å². The molecule has 0 saturated heterocycles. The van der Waals surface area contributed by atoms with Crippen molar-refractivity contribution in [2.45, 2.75) is 32.1 Å². The Bertz CT molecular complexity index is 883. The average Bonchev–Trinajstić information content (AvgIpc) is 2.90. The Labute approximate surface area is 130 Å². The number of aliphatic hydroxyl groups excluding tert-OH is 3. The number of nitrogens with one attached hydrogen (secondary N) is 1. The largest absolute Gasteiger partial charge is 0.396 e. The van der Waals surface area contributed by atoms with Crippen LogP contribution in [0.15, 0.2) is 9.59 Å². The predicted molar refractivity (Wildman–Crippen MR) is 81.7 cm³/mol. The quantitative estimate of drug-likeness (QED) is 0.481. The molecule has 23 heavy (non-hydrogen) atoms. The van der Waals surface area contributed by atoms with Gasteiger partial charge in [-0.05, 0) is 13.3 Å². The van der Waals surface area contributed by atoms with E-state index in [9.17, 15) is 19.8 Å². The lowest BCUT2D eigenvalue weighted by Crippen LogP contribution is -2.29. The minimum atomic E-state index is -1.43. The SMILES string of the molecule is CC#CCn1c(C(O)C(O)CCO)nc2c1c(=O)[nH]c(=O)n2C. The number of aromatic nitrogens is 4. The van der Waals surface area contributed by atoms with Crippen molar-refractivity contribution in [3.8, 4) is 11.8 Å². The summed E-state index contributed by atoms with van der Waals surface area (Å²) in [5, 5.41) is 29.0. The molecule has 0 radical (unpaired) electrons. The van der Waals surface area contributed by atoms with Crippen LogP contribution in [0.2, 0.25) is 0 Å². The number of aryl methyl sites for hydroxylation is 1. The number of rotatable bonds is 5. The third-order valence-electron chi connectivity index (χ3n) is 3.50. The molecule has 0 aliphatic rings. The Morgan fingerprint density at radius 1 is 1.35 bits per heavy atom. The summed E-state index contributed by atoms with van der Waals surface area (Å²) in [6.45, 7) is 1.37. The Morgan fingerprint density at radius 2 is 2.04 bits per heavy atom. The van der Waals surface area contributed by atoms with E-state index in [2.05, 4.69) is 21.8 Å². The number of H-pyrrole nitrogens is 1. The molecule has 2 aromatic heterocycles. The highest BCUT2D eigenvalue weighted by Crippen LogP contribution is 2.21. The molecule has 2 rings (SSSR count). The van der Waals surface area contributed by atoms with Gasteiger partial charge in [-0.3, -0.25) is 14.3 Å². The standard InChI is InChI=1S/C14H18N4O5/c1-3-4-6-18-9-11(17(2)14(23)16-13(9)22)15-12(18)10(21)8(20)5-7-19/h8,10,19-21H,5-7H2,1-2H3,(H,16,22,23). The minimum absolute atomic E-state index is 0.00963. The van der Waals surface area contributed by atoms with Crippen LogP contribution in [0, 0.1) is 11.8 Å². The third kappa shape index (κ3) is 3.05. The summed E-state index contributed by atoms with van der Waals surface area (Å²) in [7, 11) is 1.43. The van der Waals surface area contributed by atoms with Gasteiger partial charge < -0.3 is 19.9 Å². The van der Waals surface area contributed by atoms with Gasteiger partial charge in [-0.25, -0.2) is 9.78 Å². The molecular weight excluding hydrogens is 304 g/mol. The summed E-state index contributed by atoms with van der Waals surface area (Å²) in [6, 6.07) is 0. The smallest absolute Gasteiger partial charge is 0.329 e. The number of aliphatic hydroxyl groups is 3. The summed E-state index contributed by atoms with van der Waals surface area (Å²) in [5.41, 5.74) is -1.11. The first-order valence-electron chi connectivity index (χ1n) is 6.98. The number of hydrogen-bond donors (Lipinski definition) is 4. The fourth-order valence-electron chi connectivity index (χ4n) is 2.26. The van der Waals surface area contributed by atoms with Crippen molar-refractivity contribution in [2.75, 3.05) is 6.61 Å². The van der Waals surface area contributed by atoms with Crippen LogP contribution in [0.5, 0.6) is 0 Å². The zero-order valence-electron chi connectivity index (χ0n) is 12.8. The molecule has 9 heteroatoms. The Balaban J connectivity index is 2.74. The lowest BCUT2D eigenvalue weighted by Gasteiger charge is -2.17. The van der Waals surface area contributed by atoms with E-state index in [0.717, 1.165) is 4.57 Å². The Hall–Kier alpha value is -2.41. The Kier molecular flexibility index (Phi) is 5.00. The van der Waals surface area contributed by atoms with E-state index >= 15 is 0 Å². The highest BCUT2D eigenvalue weighted by atomic mass is 16.3. The van der Waals surface area contributed by atoms with E-state index in [-0.39, 0.29) is 36.6 Å². The van der Waals surface area contributed by atoms with Gasteiger partial charge in [0.25, 0.3) is 5.56 Å². The first kappa shape index (κ1) is 17.0. The van der Waals surface area contributed by atoms with Crippen LogP contribution in [0.3, 0.4) is 0 Å². The number of aromatic amines is 1. The van der Waals surface area contributed by atoms with Gasteiger partial charge in [-0.1, -0.05) is 5.92 Å². The molecule has 0 aliphatic heterocycles. The van der Waals surface area contributed by atoms with Crippen LogP contribution in [-0.2, 0) is 13.6 Å². The van der Waals surface area contributed by atoms with Gasteiger partial charge in [-0.15, -0.1) is 5.92 Å². The van der Waals surface area contributed by atoms with Crippen molar-refractivity contribution in [1.82, 2.24) is 19.1 Å². The number of nitrogens with zero attached hydrogens (tertiary/aromatic N) is 3. The number of imidazole rings is 1. The van der Waals surface area contributed by atoms with Crippen LogP contribution < -0.4 is 11.2 Å². The maximum atomic E-state index is 12.1. The lowest BCUT2D eigenvalue weighted by atomic mass is 10.1. The first-order chi connectivity index (χ1) is 10.9. The molecule has 0 spiro atoms. The van der Waals surface area contributed by atoms with Gasteiger partial charge in [-0.2, -0.15) is 0 Å². The fraction of sp³-hybridized carbons (Fsp3) is 0.500. The second-order valence-electron chi connectivity index (χ2n) is 5.00.